The van der Waals surface area contributed by atoms with Gasteiger partial charge in [0.25, 0.3) is 0 Å². The van der Waals surface area contributed by atoms with Crippen LogP contribution in [0.25, 0.3) is 0 Å². The number of rotatable bonds is 1. The number of amides is 2. The van der Waals surface area contributed by atoms with Gasteiger partial charge in [0.15, 0.2) is 0 Å². The second-order valence-corrected chi connectivity index (χ2v) is 9.19. The lowest BCUT2D eigenvalue weighted by atomic mass is 9.48. The molecule has 0 aromatic heterocycles. The molecule has 4 N–H and O–H groups in total. The lowest BCUT2D eigenvalue weighted by molar-refractivity contribution is -0.0209. The minimum absolute atomic E-state index is 0.0967. The van der Waals surface area contributed by atoms with Gasteiger partial charge in [0, 0.05) is 11.1 Å². The first-order chi connectivity index (χ1) is 11.8. The molecule has 0 aliphatic heterocycles. The maximum Gasteiger partial charge on any atom is 0.332 e. The second kappa shape index (κ2) is 5.83. The number of nitrogens with one attached hydrogen (secondary N) is 1. The molecular weight excluding hydrogens is 314 g/mol. The summed E-state index contributed by atoms with van der Waals surface area (Å²) >= 11 is 0. The van der Waals surface area contributed by atoms with Crippen molar-refractivity contribution in [3.8, 4) is 0 Å². The highest BCUT2D eigenvalue weighted by atomic mass is 16.3. The smallest absolute Gasteiger partial charge is 0.332 e. The highest BCUT2D eigenvalue weighted by Crippen LogP contribution is 2.64. The lowest BCUT2D eigenvalue weighted by Crippen LogP contribution is -2.50. The zero-order valence-electron chi connectivity index (χ0n) is 15.4. The predicted molar refractivity (Wildman–Crippen MR) is 97.9 cm³/mol. The Hall–Kier alpha value is -1.36. The fourth-order valence-corrected chi connectivity index (χ4v) is 6.74. The summed E-state index contributed by atoms with van der Waals surface area (Å²) < 4.78 is 0. The van der Waals surface area contributed by atoms with E-state index in [1.54, 1.807) is 0 Å². The Kier molecular flexibility index (Phi) is 3.98. The monoisotopic (exact) mass is 345 g/mol. The molecule has 0 spiro atoms. The number of hydrogen-bond acceptors (Lipinski definition) is 3. The molecule has 4 aliphatic carbocycles. The number of nitrogens with zero attached hydrogens (tertiary/aromatic N) is 1. The summed E-state index contributed by atoms with van der Waals surface area (Å²) in [6.45, 7) is 4.79. The van der Waals surface area contributed by atoms with Crippen molar-refractivity contribution >= 4 is 11.7 Å². The number of fused-ring (bicyclic) bond motifs is 5. The first kappa shape index (κ1) is 17.1. The van der Waals surface area contributed by atoms with E-state index in [0.29, 0.717) is 11.8 Å². The number of carbonyl (C=O) groups excluding carboxylic acids is 1. The molecule has 3 fully saturated rings. The number of hydrogen-bond donors (Lipinski definition) is 3. The van der Waals surface area contributed by atoms with E-state index >= 15 is 0 Å². The summed E-state index contributed by atoms with van der Waals surface area (Å²) in [6.07, 6.45) is 10.9. The number of aliphatic hydroxyl groups is 1. The minimum Gasteiger partial charge on any atom is -0.393 e. The first-order valence-electron chi connectivity index (χ1n) is 9.84. The number of hydrazone groups is 1. The standard InChI is InChI=1S/C20H31N3O2/c1-19-9-7-13(24)11-12(19)3-4-14-15-5-6-17(22-23-18(21)25)20(15,2)10-8-16(14)19/h3,13-16,24H,4-11H2,1-2H3,(H3,21,23,25)/t13-,14+,15-,16-,19-,20-/m0/s1. The number of nitrogens with two attached hydrogens (primary N) is 1. The molecule has 2 amide bonds. The topological polar surface area (TPSA) is 87.7 Å². The summed E-state index contributed by atoms with van der Waals surface area (Å²) in [5.74, 6) is 2.06. The van der Waals surface area contributed by atoms with E-state index in [-0.39, 0.29) is 16.9 Å². The van der Waals surface area contributed by atoms with E-state index in [4.69, 9.17) is 5.73 Å². The summed E-state index contributed by atoms with van der Waals surface area (Å²) in [5.41, 5.74) is 10.7. The highest BCUT2D eigenvalue weighted by Gasteiger charge is 2.57. The molecular formula is C20H31N3O2. The van der Waals surface area contributed by atoms with Crippen LogP contribution in [0.2, 0.25) is 0 Å². The number of carbonyl (C=O) groups is 1. The third-order valence-corrected chi connectivity index (χ3v) is 8.12. The van der Waals surface area contributed by atoms with Crippen molar-refractivity contribution in [2.75, 3.05) is 0 Å². The van der Waals surface area contributed by atoms with Crippen LogP contribution in [0.4, 0.5) is 4.79 Å². The minimum atomic E-state index is -0.577. The predicted octanol–water partition coefficient (Wildman–Crippen LogP) is 3.33. The Morgan fingerprint density at radius 1 is 1.24 bits per heavy atom. The van der Waals surface area contributed by atoms with Gasteiger partial charge in [-0.05, 0) is 74.5 Å². The molecule has 138 valence electrons. The molecule has 6 atom stereocenters. The third kappa shape index (κ3) is 2.54. The summed E-state index contributed by atoms with van der Waals surface area (Å²) in [6, 6.07) is -0.577. The summed E-state index contributed by atoms with van der Waals surface area (Å²) in [5, 5.41) is 14.5. The molecule has 25 heavy (non-hydrogen) atoms. The second-order valence-electron chi connectivity index (χ2n) is 9.19. The van der Waals surface area contributed by atoms with Crippen LogP contribution in [0.15, 0.2) is 16.8 Å². The molecule has 0 radical (unpaired) electrons. The molecule has 3 saturated carbocycles. The Morgan fingerprint density at radius 2 is 1.96 bits per heavy atom. The van der Waals surface area contributed by atoms with E-state index in [1.165, 1.54) is 18.4 Å². The lowest BCUT2D eigenvalue weighted by Gasteiger charge is -2.57. The number of primary amides is 1. The van der Waals surface area contributed by atoms with E-state index in [0.717, 1.165) is 50.2 Å². The SMILES string of the molecule is C[C@]12CC[C@H](O)CC1=CC[C@H]1[C@@H]2CC[C@]2(C)C(=NNC(N)=O)CC[C@@H]12. The quantitative estimate of drug-likeness (QED) is 0.503. The van der Waals surface area contributed by atoms with Crippen molar-refractivity contribution in [3.05, 3.63) is 11.6 Å². The molecule has 0 aromatic rings. The van der Waals surface area contributed by atoms with Gasteiger partial charge in [-0.3, -0.25) is 0 Å². The van der Waals surface area contributed by atoms with Crippen molar-refractivity contribution in [1.29, 1.82) is 0 Å². The number of allylic oxidation sites excluding steroid dienone is 1. The summed E-state index contributed by atoms with van der Waals surface area (Å²) in [7, 11) is 0. The molecule has 0 bridgehead atoms. The maximum atomic E-state index is 11.1. The van der Waals surface area contributed by atoms with Crippen LogP contribution in [0.1, 0.15) is 65.2 Å². The van der Waals surface area contributed by atoms with Crippen molar-refractivity contribution in [2.24, 2.45) is 39.4 Å². The fraction of sp³-hybridized carbons (Fsp3) is 0.800. The van der Waals surface area contributed by atoms with E-state index in [1.807, 2.05) is 0 Å². The van der Waals surface area contributed by atoms with Gasteiger partial charge in [0.05, 0.1) is 6.10 Å². The maximum absolute atomic E-state index is 11.1. The molecule has 4 rings (SSSR count). The van der Waals surface area contributed by atoms with Crippen LogP contribution in [0.3, 0.4) is 0 Å². The van der Waals surface area contributed by atoms with Crippen molar-refractivity contribution in [1.82, 2.24) is 5.43 Å². The molecule has 4 aliphatic rings. The average Bonchev–Trinajstić information content (AvgIpc) is 2.90. The van der Waals surface area contributed by atoms with E-state index in [9.17, 15) is 9.90 Å². The summed E-state index contributed by atoms with van der Waals surface area (Å²) in [4.78, 5) is 11.1. The molecule has 0 aromatic carbocycles. The van der Waals surface area contributed by atoms with Crippen LogP contribution < -0.4 is 11.2 Å². The molecule has 5 heteroatoms. The first-order valence-corrected chi connectivity index (χ1v) is 9.84. The molecule has 0 unspecified atom stereocenters. The zero-order chi connectivity index (χ0) is 17.8. The van der Waals surface area contributed by atoms with Crippen LogP contribution in [0, 0.1) is 28.6 Å². The number of urea groups is 1. The highest BCUT2D eigenvalue weighted by molar-refractivity contribution is 5.93. The van der Waals surface area contributed by atoms with Gasteiger partial charge in [-0.2, -0.15) is 5.10 Å². The van der Waals surface area contributed by atoms with Crippen molar-refractivity contribution < 1.29 is 9.90 Å². The Balaban J connectivity index is 1.62. The van der Waals surface area contributed by atoms with Gasteiger partial charge in [-0.1, -0.05) is 25.5 Å². The Morgan fingerprint density at radius 3 is 2.72 bits per heavy atom. The van der Waals surface area contributed by atoms with Crippen molar-refractivity contribution in [2.45, 2.75) is 71.3 Å². The number of aliphatic hydroxyl groups excluding tert-OH is 1. The van der Waals surface area contributed by atoms with Crippen LogP contribution in [-0.2, 0) is 0 Å². The Labute approximate surface area is 150 Å². The molecule has 0 heterocycles. The van der Waals surface area contributed by atoms with Crippen LogP contribution in [-0.4, -0.2) is 23.0 Å². The van der Waals surface area contributed by atoms with E-state index in [2.05, 4.69) is 30.5 Å². The zero-order valence-corrected chi connectivity index (χ0v) is 15.4. The van der Waals surface area contributed by atoms with Gasteiger partial charge in [-0.25, -0.2) is 10.2 Å². The third-order valence-electron chi connectivity index (χ3n) is 8.12. The van der Waals surface area contributed by atoms with E-state index < -0.39 is 6.03 Å². The van der Waals surface area contributed by atoms with Gasteiger partial charge in [-0.15, -0.1) is 0 Å². The largest absolute Gasteiger partial charge is 0.393 e. The molecule has 5 nitrogen and oxygen atoms in total. The van der Waals surface area contributed by atoms with Gasteiger partial charge < -0.3 is 10.8 Å². The average molecular weight is 345 g/mol. The van der Waals surface area contributed by atoms with Crippen LogP contribution in [0.5, 0.6) is 0 Å². The van der Waals surface area contributed by atoms with Gasteiger partial charge in [0.1, 0.15) is 0 Å². The van der Waals surface area contributed by atoms with Crippen molar-refractivity contribution in [3.63, 3.8) is 0 Å². The van der Waals surface area contributed by atoms with Gasteiger partial charge >= 0.3 is 6.03 Å². The fourth-order valence-electron chi connectivity index (χ4n) is 6.74. The normalized spacial score (nSPS) is 47.5. The van der Waals surface area contributed by atoms with Crippen LogP contribution >= 0.6 is 0 Å². The van der Waals surface area contributed by atoms with Gasteiger partial charge in [0.2, 0.25) is 0 Å². The molecule has 0 saturated heterocycles. The Bertz CT molecular complexity index is 643.